The Morgan fingerprint density at radius 2 is 2.05 bits per heavy atom. The maximum atomic E-state index is 11.9. The lowest BCUT2D eigenvalue weighted by Crippen LogP contribution is -2.35. The summed E-state index contributed by atoms with van der Waals surface area (Å²) in [5.41, 5.74) is 1.35. The van der Waals surface area contributed by atoms with Gasteiger partial charge in [0.2, 0.25) is 0 Å². The van der Waals surface area contributed by atoms with Crippen molar-refractivity contribution in [3.8, 4) is 0 Å². The molecule has 0 bridgehead atoms. The van der Waals surface area contributed by atoms with E-state index in [4.69, 9.17) is 4.74 Å². The van der Waals surface area contributed by atoms with Crippen molar-refractivity contribution in [2.24, 2.45) is 0 Å². The molecule has 116 valence electrons. The fourth-order valence-electron chi connectivity index (χ4n) is 1.95. The molecule has 1 amide bonds. The van der Waals surface area contributed by atoms with Crippen LogP contribution < -0.4 is 10.2 Å². The van der Waals surface area contributed by atoms with Crippen molar-refractivity contribution in [2.45, 2.75) is 32.7 Å². The van der Waals surface area contributed by atoms with Gasteiger partial charge in [0, 0.05) is 25.8 Å². The van der Waals surface area contributed by atoms with E-state index in [1.165, 1.54) is 0 Å². The topological polar surface area (TPSA) is 58.6 Å². The van der Waals surface area contributed by atoms with Gasteiger partial charge in [0.1, 0.15) is 0 Å². The average Bonchev–Trinajstić information content (AvgIpc) is 2.45. The first kappa shape index (κ1) is 17.0. The molecule has 0 aliphatic rings. The maximum Gasteiger partial charge on any atom is 0.338 e. The second-order valence-corrected chi connectivity index (χ2v) is 5.28. The lowest BCUT2D eigenvalue weighted by atomic mass is 10.2. The summed E-state index contributed by atoms with van der Waals surface area (Å²) in [6, 6.07) is 7.19. The Kier molecular flexibility index (Phi) is 6.72. The molecule has 0 aromatic heterocycles. The van der Waals surface area contributed by atoms with Crippen LogP contribution in [0.4, 0.5) is 5.69 Å². The highest BCUT2D eigenvalue weighted by Gasteiger charge is 2.12. The highest BCUT2D eigenvalue weighted by atomic mass is 16.5. The number of benzene rings is 1. The Morgan fingerprint density at radius 3 is 2.67 bits per heavy atom. The highest BCUT2D eigenvalue weighted by molar-refractivity contribution is 5.92. The van der Waals surface area contributed by atoms with E-state index in [0.717, 1.165) is 18.5 Å². The third-order valence-electron chi connectivity index (χ3n) is 3.06. The molecule has 0 aliphatic heterocycles. The van der Waals surface area contributed by atoms with Gasteiger partial charge in [-0.15, -0.1) is 0 Å². The predicted molar refractivity (Wildman–Crippen MR) is 83.6 cm³/mol. The highest BCUT2D eigenvalue weighted by Crippen LogP contribution is 2.14. The Morgan fingerprint density at radius 1 is 1.33 bits per heavy atom. The van der Waals surface area contributed by atoms with Gasteiger partial charge in [-0.25, -0.2) is 4.79 Å². The lowest BCUT2D eigenvalue weighted by Gasteiger charge is -2.14. The van der Waals surface area contributed by atoms with Crippen LogP contribution in [-0.4, -0.2) is 38.6 Å². The van der Waals surface area contributed by atoms with Crippen LogP contribution in [0.3, 0.4) is 0 Å². The normalized spacial score (nSPS) is 11.6. The number of amides is 1. The molecule has 1 aromatic carbocycles. The van der Waals surface area contributed by atoms with Gasteiger partial charge in [-0.1, -0.05) is 19.4 Å². The zero-order valence-electron chi connectivity index (χ0n) is 13.2. The molecule has 1 aromatic rings. The molecule has 0 spiro atoms. The fraction of sp³-hybridized carbons (Fsp3) is 0.500. The van der Waals surface area contributed by atoms with Crippen LogP contribution in [0.15, 0.2) is 24.3 Å². The van der Waals surface area contributed by atoms with E-state index in [1.807, 2.05) is 32.0 Å². The number of hydrogen-bond donors (Lipinski definition) is 1. The number of nitrogens with zero attached hydrogens (tertiary/aromatic N) is 1. The summed E-state index contributed by atoms with van der Waals surface area (Å²) in [6.45, 7) is 3.74. The van der Waals surface area contributed by atoms with Crippen LogP contribution in [0, 0.1) is 0 Å². The maximum absolute atomic E-state index is 11.9. The molecule has 1 atom stereocenters. The van der Waals surface area contributed by atoms with Crippen molar-refractivity contribution in [3.63, 3.8) is 0 Å². The second-order valence-electron chi connectivity index (χ2n) is 5.28. The molecular formula is C16H24N2O3. The summed E-state index contributed by atoms with van der Waals surface area (Å²) in [4.78, 5) is 25.5. The van der Waals surface area contributed by atoms with Gasteiger partial charge in [-0.3, -0.25) is 4.79 Å². The fourth-order valence-corrected chi connectivity index (χ4v) is 1.95. The van der Waals surface area contributed by atoms with Crippen molar-refractivity contribution in [1.29, 1.82) is 0 Å². The summed E-state index contributed by atoms with van der Waals surface area (Å²) in [6.07, 6.45) is 1.91. The number of esters is 1. The molecule has 1 rings (SSSR count). The summed E-state index contributed by atoms with van der Waals surface area (Å²) >= 11 is 0. The Bertz CT molecular complexity index is 486. The number of hydrogen-bond acceptors (Lipinski definition) is 4. The number of nitrogens with one attached hydrogen (secondary N) is 1. The van der Waals surface area contributed by atoms with Crippen LogP contribution in [0.5, 0.6) is 0 Å². The van der Waals surface area contributed by atoms with Crippen LogP contribution in [0.2, 0.25) is 0 Å². The molecule has 0 heterocycles. The summed E-state index contributed by atoms with van der Waals surface area (Å²) in [5.74, 6) is -0.759. The van der Waals surface area contributed by atoms with Crippen LogP contribution in [0.1, 0.15) is 37.0 Å². The molecular weight excluding hydrogens is 268 g/mol. The molecule has 0 saturated carbocycles. The van der Waals surface area contributed by atoms with Gasteiger partial charge in [0.15, 0.2) is 6.61 Å². The largest absolute Gasteiger partial charge is 0.452 e. The first-order valence-electron chi connectivity index (χ1n) is 7.18. The van der Waals surface area contributed by atoms with Gasteiger partial charge in [0.25, 0.3) is 5.91 Å². The predicted octanol–water partition coefficient (Wildman–Crippen LogP) is 2.21. The van der Waals surface area contributed by atoms with Crippen molar-refractivity contribution in [1.82, 2.24) is 5.32 Å². The summed E-state index contributed by atoms with van der Waals surface area (Å²) in [5, 5.41) is 2.79. The number of anilines is 1. The van der Waals surface area contributed by atoms with E-state index in [-0.39, 0.29) is 18.6 Å². The summed E-state index contributed by atoms with van der Waals surface area (Å²) < 4.78 is 5.03. The molecule has 0 radical (unpaired) electrons. The molecule has 1 N–H and O–H groups in total. The number of carbonyl (C=O) groups is 2. The van der Waals surface area contributed by atoms with Gasteiger partial charge >= 0.3 is 5.97 Å². The van der Waals surface area contributed by atoms with E-state index in [0.29, 0.717) is 5.56 Å². The summed E-state index contributed by atoms with van der Waals surface area (Å²) in [7, 11) is 3.79. The van der Waals surface area contributed by atoms with Crippen molar-refractivity contribution in [3.05, 3.63) is 29.8 Å². The third-order valence-corrected chi connectivity index (χ3v) is 3.06. The Hall–Kier alpha value is -2.04. The molecule has 0 fully saturated rings. The molecule has 5 nitrogen and oxygen atoms in total. The van der Waals surface area contributed by atoms with Crippen LogP contribution in [-0.2, 0) is 9.53 Å². The van der Waals surface area contributed by atoms with Gasteiger partial charge in [-0.2, -0.15) is 0 Å². The monoisotopic (exact) mass is 292 g/mol. The standard InChI is InChI=1S/C16H24N2O3/c1-5-7-12(2)17-15(19)11-21-16(20)13-8-6-9-14(10-13)18(3)4/h6,8-10,12H,5,7,11H2,1-4H3,(H,17,19). The van der Waals surface area contributed by atoms with E-state index >= 15 is 0 Å². The van der Waals surface area contributed by atoms with E-state index < -0.39 is 5.97 Å². The van der Waals surface area contributed by atoms with Crippen molar-refractivity contribution < 1.29 is 14.3 Å². The first-order chi connectivity index (χ1) is 9.93. The van der Waals surface area contributed by atoms with E-state index in [9.17, 15) is 9.59 Å². The van der Waals surface area contributed by atoms with Gasteiger partial charge in [-0.05, 0) is 31.5 Å². The van der Waals surface area contributed by atoms with Crippen LogP contribution >= 0.6 is 0 Å². The first-order valence-corrected chi connectivity index (χ1v) is 7.18. The quantitative estimate of drug-likeness (QED) is 0.783. The van der Waals surface area contributed by atoms with Gasteiger partial charge in [0.05, 0.1) is 5.56 Å². The van der Waals surface area contributed by atoms with Crippen molar-refractivity contribution >= 4 is 17.6 Å². The SMILES string of the molecule is CCCC(C)NC(=O)COC(=O)c1cccc(N(C)C)c1. The average molecular weight is 292 g/mol. The molecule has 1 unspecified atom stereocenters. The van der Waals surface area contributed by atoms with Crippen LogP contribution in [0.25, 0.3) is 0 Å². The zero-order valence-corrected chi connectivity index (χ0v) is 13.2. The van der Waals surface area contributed by atoms with E-state index in [1.54, 1.807) is 18.2 Å². The number of ether oxygens (including phenoxy) is 1. The minimum atomic E-state index is -0.489. The zero-order chi connectivity index (χ0) is 15.8. The number of rotatable bonds is 7. The Balaban J connectivity index is 2.50. The lowest BCUT2D eigenvalue weighted by molar-refractivity contribution is -0.124. The molecule has 0 saturated heterocycles. The van der Waals surface area contributed by atoms with E-state index in [2.05, 4.69) is 12.2 Å². The molecule has 5 heteroatoms. The second kappa shape index (κ2) is 8.29. The van der Waals surface area contributed by atoms with Gasteiger partial charge < -0.3 is 15.0 Å². The minimum absolute atomic E-state index is 0.0956. The number of carbonyl (C=O) groups excluding carboxylic acids is 2. The third kappa shape index (κ3) is 5.85. The molecule has 0 aliphatic carbocycles. The smallest absolute Gasteiger partial charge is 0.338 e. The Labute approximate surface area is 126 Å². The molecule has 21 heavy (non-hydrogen) atoms. The minimum Gasteiger partial charge on any atom is -0.452 e. The van der Waals surface area contributed by atoms with Crippen molar-refractivity contribution in [2.75, 3.05) is 25.6 Å².